The van der Waals surface area contributed by atoms with Crippen molar-refractivity contribution in [3.8, 4) is 5.75 Å². The van der Waals surface area contributed by atoms with Crippen LogP contribution in [0.15, 0.2) is 84.4 Å². The van der Waals surface area contributed by atoms with Crippen molar-refractivity contribution in [3.63, 3.8) is 0 Å². The zero-order chi connectivity index (χ0) is 23.5. The standard InChI is InChI=1S/C26H22N2O5/c1-16(29)27-19-11-13-20(14-12-19)28-23(18-9-6-10-21(15-18)33-2)22(25(31)26(28)32)24(30)17-7-4-3-5-8-17/h3-15,23,30H,1-2H3,(H,27,29)/b24-22-. The second-order valence-corrected chi connectivity index (χ2v) is 7.54. The predicted octanol–water partition coefficient (Wildman–Crippen LogP) is 4.28. The number of carbonyl (C=O) groups is 3. The first kappa shape index (κ1) is 21.8. The maximum Gasteiger partial charge on any atom is 0.300 e. The van der Waals surface area contributed by atoms with E-state index in [1.165, 1.54) is 18.9 Å². The van der Waals surface area contributed by atoms with Gasteiger partial charge in [-0.25, -0.2) is 0 Å². The molecule has 4 rings (SSSR count). The zero-order valence-electron chi connectivity index (χ0n) is 18.1. The Balaban J connectivity index is 1.88. The average Bonchev–Trinajstić information content (AvgIpc) is 3.10. The van der Waals surface area contributed by atoms with Crippen molar-refractivity contribution in [1.82, 2.24) is 0 Å². The van der Waals surface area contributed by atoms with E-state index in [0.29, 0.717) is 28.3 Å². The quantitative estimate of drug-likeness (QED) is 0.349. The molecule has 2 amide bonds. The average molecular weight is 442 g/mol. The van der Waals surface area contributed by atoms with Crippen molar-refractivity contribution in [2.45, 2.75) is 13.0 Å². The number of amides is 2. The maximum absolute atomic E-state index is 13.2. The van der Waals surface area contributed by atoms with Gasteiger partial charge in [0.2, 0.25) is 5.91 Å². The second-order valence-electron chi connectivity index (χ2n) is 7.54. The molecule has 1 aliphatic heterocycles. The summed E-state index contributed by atoms with van der Waals surface area (Å²) in [6.07, 6.45) is 0. The number of aliphatic hydroxyl groups excluding tert-OH is 1. The van der Waals surface area contributed by atoms with E-state index in [1.807, 2.05) is 0 Å². The molecule has 0 saturated carbocycles. The molecule has 166 valence electrons. The molecule has 1 aliphatic rings. The number of anilines is 2. The highest BCUT2D eigenvalue weighted by Crippen LogP contribution is 2.43. The van der Waals surface area contributed by atoms with Crippen molar-refractivity contribution in [2.75, 3.05) is 17.3 Å². The van der Waals surface area contributed by atoms with Gasteiger partial charge in [0.05, 0.1) is 18.7 Å². The van der Waals surface area contributed by atoms with Crippen LogP contribution in [-0.2, 0) is 14.4 Å². The first-order valence-electron chi connectivity index (χ1n) is 10.3. The SMILES string of the molecule is COc1cccc(C2/C(=C(/O)c3ccccc3)C(=O)C(=O)N2c2ccc(NC(C)=O)cc2)c1. The third-order valence-electron chi connectivity index (χ3n) is 5.37. The minimum Gasteiger partial charge on any atom is -0.507 e. The van der Waals surface area contributed by atoms with Crippen molar-refractivity contribution in [3.05, 3.63) is 95.6 Å². The molecule has 1 unspecified atom stereocenters. The lowest BCUT2D eigenvalue weighted by Gasteiger charge is -2.26. The molecular weight excluding hydrogens is 420 g/mol. The fourth-order valence-electron chi connectivity index (χ4n) is 3.89. The minimum absolute atomic E-state index is 0.00890. The molecule has 2 N–H and O–H groups in total. The molecule has 1 fully saturated rings. The summed E-state index contributed by atoms with van der Waals surface area (Å²) < 4.78 is 5.33. The van der Waals surface area contributed by atoms with E-state index in [0.717, 1.165) is 0 Å². The Kier molecular flexibility index (Phi) is 5.95. The summed E-state index contributed by atoms with van der Waals surface area (Å²) in [6, 6.07) is 21.4. The number of ketones is 1. The minimum atomic E-state index is -0.869. The molecule has 33 heavy (non-hydrogen) atoms. The van der Waals surface area contributed by atoms with E-state index in [4.69, 9.17) is 4.74 Å². The summed E-state index contributed by atoms with van der Waals surface area (Å²) in [6.45, 7) is 1.40. The van der Waals surface area contributed by atoms with E-state index in [9.17, 15) is 19.5 Å². The lowest BCUT2D eigenvalue weighted by Crippen LogP contribution is -2.29. The molecule has 0 bridgehead atoms. The third-order valence-corrected chi connectivity index (χ3v) is 5.37. The number of nitrogens with one attached hydrogen (secondary N) is 1. The van der Waals surface area contributed by atoms with Crippen molar-refractivity contribution in [1.29, 1.82) is 0 Å². The van der Waals surface area contributed by atoms with Gasteiger partial charge >= 0.3 is 0 Å². The van der Waals surface area contributed by atoms with Gasteiger partial charge < -0.3 is 15.2 Å². The van der Waals surface area contributed by atoms with Crippen LogP contribution < -0.4 is 15.0 Å². The van der Waals surface area contributed by atoms with Crippen LogP contribution in [0.2, 0.25) is 0 Å². The molecular formula is C26H22N2O5. The number of nitrogens with zero attached hydrogens (tertiary/aromatic N) is 1. The molecule has 0 radical (unpaired) electrons. The molecule has 7 heteroatoms. The number of benzene rings is 3. The Morgan fingerprint density at radius 2 is 1.67 bits per heavy atom. The number of methoxy groups -OCH3 is 1. The van der Waals surface area contributed by atoms with E-state index in [1.54, 1.807) is 78.9 Å². The van der Waals surface area contributed by atoms with Gasteiger partial charge in [-0.15, -0.1) is 0 Å². The summed E-state index contributed by atoms with van der Waals surface area (Å²) in [5, 5.41) is 13.7. The molecule has 1 heterocycles. The first-order valence-corrected chi connectivity index (χ1v) is 10.3. The molecule has 0 spiro atoms. The van der Waals surface area contributed by atoms with Crippen LogP contribution in [0.1, 0.15) is 24.1 Å². The predicted molar refractivity (Wildman–Crippen MR) is 125 cm³/mol. The zero-order valence-corrected chi connectivity index (χ0v) is 18.1. The van der Waals surface area contributed by atoms with Gasteiger partial charge in [-0.1, -0.05) is 42.5 Å². The molecule has 1 atom stereocenters. The number of Topliss-reactive ketones (excluding diaryl/α,β-unsaturated/α-hetero) is 1. The monoisotopic (exact) mass is 442 g/mol. The molecule has 7 nitrogen and oxygen atoms in total. The number of aliphatic hydroxyl groups is 1. The van der Waals surface area contributed by atoms with Gasteiger partial charge in [0, 0.05) is 23.9 Å². The highest BCUT2D eigenvalue weighted by Gasteiger charge is 2.47. The number of hydrogen-bond donors (Lipinski definition) is 2. The Morgan fingerprint density at radius 3 is 2.30 bits per heavy atom. The number of rotatable bonds is 5. The van der Waals surface area contributed by atoms with Gasteiger partial charge in [0.25, 0.3) is 11.7 Å². The fourth-order valence-corrected chi connectivity index (χ4v) is 3.89. The molecule has 0 aromatic heterocycles. The Morgan fingerprint density at radius 1 is 0.970 bits per heavy atom. The highest BCUT2D eigenvalue weighted by molar-refractivity contribution is 6.51. The van der Waals surface area contributed by atoms with Gasteiger partial charge in [-0.3, -0.25) is 19.3 Å². The summed E-state index contributed by atoms with van der Waals surface area (Å²) in [4.78, 5) is 39.0. The summed E-state index contributed by atoms with van der Waals surface area (Å²) >= 11 is 0. The summed E-state index contributed by atoms with van der Waals surface area (Å²) in [7, 11) is 1.53. The number of hydrogen-bond acceptors (Lipinski definition) is 5. The Bertz CT molecular complexity index is 1250. The first-order chi connectivity index (χ1) is 15.9. The Hall–Kier alpha value is -4.39. The lowest BCUT2D eigenvalue weighted by atomic mass is 9.95. The lowest BCUT2D eigenvalue weighted by molar-refractivity contribution is -0.132. The van der Waals surface area contributed by atoms with Crippen molar-refractivity contribution in [2.24, 2.45) is 0 Å². The van der Waals surface area contributed by atoms with E-state index in [2.05, 4.69) is 5.32 Å². The van der Waals surface area contributed by atoms with Crippen LogP contribution in [0.5, 0.6) is 5.75 Å². The third kappa shape index (κ3) is 4.21. The van der Waals surface area contributed by atoms with Crippen LogP contribution >= 0.6 is 0 Å². The summed E-state index contributed by atoms with van der Waals surface area (Å²) in [5.41, 5.74) is 2.04. The van der Waals surface area contributed by atoms with Gasteiger partial charge in [-0.2, -0.15) is 0 Å². The topological polar surface area (TPSA) is 95.9 Å². The largest absolute Gasteiger partial charge is 0.507 e. The van der Waals surface area contributed by atoms with Crippen LogP contribution in [0.3, 0.4) is 0 Å². The van der Waals surface area contributed by atoms with Crippen LogP contribution in [0.25, 0.3) is 5.76 Å². The van der Waals surface area contributed by atoms with Crippen LogP contribution in [0.4, 0.5) is 11.4 Å². The van der Waals surface area contributed by atoms with Crippen LogP contribution in [0, 0.1) is 0 Å². The maximum atomic E-state index is 13.2. The van der Waals surface area contributed by atoms with E-state index < -0.39 is 17.7 Å². The Labute approximate surface area is 190 Å². The number of carbonyl (C=O) groups excluding carboxylic acids is 3. The second kappa shape index (κ2) is 9.00. The fraction of sp³-hybridized carbons (Fsp3) is 0.115. The van der Waals surface area contributed by atoms with Gasteiger partial charge in [0.15, 0.2) is 0 Å². The number of ether oxygens (including phenoxy) is 1. The molecule has 3 aromatic rings. The van der Waals surface area contributed by atoms with E-state index >= 15 is 0 Å². The highest BCUT2D eigenvalue weighted by atomic mass is 16.5. The van der Waals surface area contributed by atoms with Gasteiger partial charge in [-0.05, 0) is 42.0 Å². The van der Waals surface area contributed by atoms with Crippen LogP contribution in [-0.4, -0.2) is 29.8 Å². The van der Waals surface area contributed by atoms with Crippen molar-refractivity contribution >= 4 is 34.7 Å². The van der Waals surface area contributed by atoms with E-state index in [-0.39, 0.29) is 17.2 Å². The van der Waals surface area contributed by atoms with Gasteiger partial charge in [0.1, 0.15) is 11.5 Å². The smallest absolute Gasteiger partial charge is 0.300 e. The molecule has 1 saturated heterocycles. The normalized spacial score (nSPS) is 17.2. The summed E-state index contributed by atoms with van der Waals surface area (Å²) in [5.74, 6) is -1.46. The van der Waals surface area contributed by atoms with Crippen molar-refractivity contribution < 1.29 is 24.2 Å². The molecule has 3 aromatic carbocycles. The molecule has 0 aliphatic carbocycles.